The van der Waals surface area contributed by atoms with Crippen molar-refractivity contribution in [3.63, 3.8) is 0 Å². The number of benzene rings is 1. The maximum absolute atomic E-state index is 10.5. The van der Waals surface area contributed by atoms with E-state index < -0.39 is 4.92 Å². The lowest BCUT2D eigenvalue weighted by Crippen LogP contribution is -2.20. The molecule has 0 aliphatic rings. The Kier molecular flexibility index (Phi) is 3.14. The Morgan fingerprint density at radius 3 is 2.64 bits per heavy atom. The van der Waals surface area contributed by atoms with Crippen molar-refractivity contribution < 1.29 is 4.92 Å². The Bertz CT molecular complexity index is 377. The predicted octanol–water partition coefficient (Wildman–Crippen LogP) is 1.83. The summed E-state index contributed by atoms with van der Waals surface area (Å²) in [6.07, 6.45) is 0. The highest BCUT2D eigenvalue weighted by atomic mass is 32.1. The number of nitro groups is 1. The lowest BCUT2D eigenvalue weighted by Gasteiger charge is -2.12. The van der Waals surface area contributed by atoms with Crippen LogP contribution in [0.3, 0.4) is 0 Å². The molecule has 5 heteroatoms. The van der Waals surface area contributed by atoms with Gasteiger partial charge in [-0.25, -0.2) is 0 Å². The van der Waals surface area contributed by atoms with Crippen LogP contribution >= 0.6 is 12.2 Å². The minimum atomic E-state index is -0.429. The highest BCUT2D eigenvalue weighted by Crippen LogP contribution is 2.14. The summed E-state index contributed by atoms with van der Waals surface area (Å²) in [5.74, 6) is 0. The van der Waals surface area contributed by atoms with Gasteiger partial charge in [0.05, 0.1) is 4.92 Å². The molecule has 74 valence electrons. The van der Waals surface area contributed by atoms with Crippen molar-refractivity contribution in [1.82, 2.24) is 4.90 Å². The molecule has 0 aliphatic carbocycles. The smallest absolute Gasteiger partial charge is 0.270 e. The largest absolute Gasteiger partial charge is 0.368 e. The molecule has 14 heavy (non-hydrogen) atoms. The van der Waals surface area contributed by atoms with Crippen LogP contribution in [0.2, 0.25) is 0 Å². The van der Waals surface area contributed by atoms with Crippen molar-refractivity contribution in [1.29, 1.82) is 0 Å². The molecule has 0 unspecified atom stereocenters. The molecule has 0 bridgehead atoms. The molecule has 0 N–H and O–H groups in total. The second-order valence-electron chi connectivity index (χ2n) is 3.01. The summed E-state index contributed by atoms with van der Waals surface area (Å²) in [4.78, 5) is 12.4. The van der Waals surface area contributed by atoms with Crippen LogP contribution in [0.4, 0.5) is 5.69 Å². The van der Waals surface area contributed by atoms with Gasteiger partial charge in [0.1, 0.15) is 4.99 Å². The molecule has 0 saturated carbocycles. The average Bonchev–Trinajstić information content (AvgIpc) is 2.16. The Labute approximate surface area is 87.3 Å². The van der Waals surface area contributed by atoms with Gasteiger partial charge >= 0.3 is 0 Å². The first-order valence-electron chi connectivity index (χ1n) is 3.98. The number of nitrogens with zero attached hydrogens (tertiary/aromatic N) is 2. The zero-order valence-electron chi connectivity index (χ0n) is 7.93. The standard InChI is InChI=1S/C9H10N2O2S/c1-10(2)9(14)7-4-3-5-8(6-7)11(12)13/h3-6H,1-2H3. The molecule has 0 amide bonds. The molecule has 1 rings (SSSR count). The zero-order valence-corrected chi connectivity index (χ0v) is 8.75. The molecular weight excluding hydrogens is 200 g/mol. The number of rotatable bonds is 2. The second kappa shape index (κ2) is 4.15. The highest BCUT2D eigenvalue weighted by molar-refractivity contribution is 7.80. The van der Waals surface area contributed by atoms with Gasteiger partial charge in [-0.3, -0.25) is 10.1 Å². The number of hydrogen-bond acceptors (Lipinski definition) is 3. The molecule has 0 radical (unpaired) electrons. The monoisotopic (exact) mass is 210 g/mol. The fraction of sp³-hybridized carbons (Fsp3) is 0.222. The van der Waals surface area contributed by atoms with E-state index in [9.17, 15) is 10.1 Å². The first-order chi connectivity index (χ1) is 6.52. The second-order valence-corrected chi connectivity index (χ2v) is 3.39. The van der Waals surface area contributed by atoms with Crippen LogP contribution in [0.5, 0.6) is 0 Å². The first-order valence-corrected chi connectivity index (χ1v) is 4.39. The third kappa shape index (κ3) is 2.26. The fourth-order valence-corrected chi connectivity index (χ4v) is 1.14. The number of thiocarbonyl (C=S) groups is 1. The number of nitro benzene ring substituents is 1. The molecule has 1 aromatic rings. The predicted molar refractivity (Wildman–Crippen MR) is 58.5 cm³/mol. The summed E-state index contributed by atoms with van der Waals surface area (Å²) in [5, 5.41) is 10.5. The summed E-state index contributed by atoms with van der Waals surface area (Å²) < 4.78 is 0. The lowest BCUT2D eigenvalue weighted by atomic mass is 10.2. The van der Waals surface area contributed by atoms with Gasteiger partial charge in [-0.05, 0) is 0 Å². The summed E-state index contributed by atoms with van der Waals surface area (Å²) in [7, 11) is 3.61. The molecule has 0 fully saturated rings. The maximum atomic E-state index is 10.5. The average molecular weight is 210 g/mol. The van der Waals surface area contributed by atoms with Crippen molar-refractivity contribution in [2.24, 2.45) is 0 Å². The van der Waals surface area contributed by atoms with Crippen LogP contribution in [-0.4, -0.2) is 28.9 Å². The van der Waals surface area contributed by atoms with Crippen molar-refractivity contribution in [2.45, 2.75) is 0 Å². The normalized spacial score (nSPS) is 9.57. The molecule has 0 spiro atoms. The van der Waals surface area contributed by atoms with E-state index >= 15 is 0 Å². The van der Waals surface area contributed by atoms with E-state index in [4.69, 9.17) is 12.2 Å². The Morgan fingerprint density at radius 1 is 1.50 bits per heavy atom. The van der Waals surface area contributed by atoms with Gasteiger partial charge in [-0.2, -0.15) is 0 Å². The summed E-state index contributed by atoms with van der Waals surface area (Å²) >= 11 is 5.09. The van der Waals surface area contributed by atoms with Crippen LogP contribution < -0.4 is 0 Å². The Morgan fingerprint density at radius 2 is 2.14 bits per heavy atom. The lowest BCUT2D eigenvalue weighted by molar-refractivity contribution is -0.384. The quantitative estimate of drug-likeness (QED) is 0.424. The molecule has 0 aliphatic heterocycles. The topological polar surface area (TPSA) is 46.4 Å². The van der Waals surface area contributed by atoms with Gasteiger partial charge < -0.3 is 4.90 Å². The number of non-ortho nitro benzene ring substituents is 1. The van der Waals surface area contributed by atoms with Crippen LogP contribution in [-0.2, 0) is 0 Å². The molecule has 1 aromatic carbocycles. The van der Waals surface area contributed by atoms with Crippen molar-refractivity contribution >= 4 is 22.9 Å². The molecule has 4 nitrogen and oxygen atoms in total. The van der Waals surface area contributed by atoms with Crippen LogP contribution in [0.25, 0.3) is 0 Å². The third-order valence-corrected chi connectivity index (χ3v) is 2.31. The van der Waals surface area contributed by atoms with E-state index in [2.05, 4.69) is 0 Å². The van der Waals surface area contributed by atoms with Crippen LogP contribution in [0.15, 0.2) is 24.3 Å². The van der Waals surface area contributed by atoms with Gasteiger partial charge in [-0.15, -0.1) is 0 Å². The minimum absolute atomic E-state index is 0.0618. The highest BCUT2D eigenvalue weighted by Gasteiger charge is 2.09. The van der Waals surface area contributed by atoms with E-state index in [1.807, 2.05) is 0 Å². The van der Waals surface area contributed by atoms with Gasteiger partial charge in [-0.1, -0.05) is 24.4 Å². The van der Waals surface area contributed by atoms with Gasteiger partial charge in [0.25, 0.3) is 5.69 Å². The minimum Gasteiger partial charge on any atom is -0.368 e. The molecule has 0 saturated heterocycles. The summed E-state index contributed by atoms with van der Waals surface area (Å²) in [5.41, 5.74) is 0.755. The van der Waals surface area contributed by atoms with E-state index in [0.717, 1.165) is 0 Å². The Balaban J connectivity index is 3.06. The third-order valence-electron chi connectivity index (χ3n) is 1.71. The van der Waals surface area contributed by atoms with E-state index in [-0.39, 0.29) is 5.69 Å². The van der Waals surface area contributed by atoms with Gasteiger partial charge in [0, 0.05) is 31.8 Å². The van der Waals surface area contributed by atoms with Crippen molar-refractivity contribution in [3.05, 3.63) is 39.9 Å². The SMILES string of the molecule is CN(C)C(=S)c1cccc([N+](=O)[O-])c1. The van der Waals surface area contributed by atoms with E-state index in [0.29, 0.717) is 10.6 Å². The Hall–Kier alpha value is -1.49. The van der Waals surface area contributed by atoms with Gasteiger partial charge in [0.2, 0.25) is 0 Å². The zero-order chi connectivity index (χ0) is 10.7. The van der Waals surface area contributed by atoms with E-state index in [1.165, 1.54) is 12.1 Å². The molecule has 0 aromatic heterocycles. The van der Waals surface area contributed by atoms with Gasteiger partial charge in [0.15, 0.2) is 0 Å². The van der Waals surface area contributed by atoms with Crippen LogP contribution in [0.1, 0.15) is 5.56 Å². The van der Waals surface area contributed by atoms with Crippen molar-refractivity contribution in [2.75, 3.05) is 14.1 Å². The summed E-state index contributed by atoms with van der Waals surface area (Å²) in [6.45, 7) is 0. The molecule has 0 heterocycles. The fourth-order valence-electron chi connectivity index (χ4n) is 1.01. The first kappa shape index (κ1) is 10.6. The van der Waals surface area contributed by atoms with E-state index in [1.54, 1.807) is 31.1 Å². The van der Waals surface area contributed by atoms with Crippen molar-refractivity contribution in [3.8, 4) is 0 Å². The van der Waals surface area contributed by atoms with Crippen LogP contribution in [0, 0.1) is 10.1 Å². The molecular formula is C9H10N2O2S. The molecule has 0 atom stereocenters. The number of hydrogen-bond donors (Lipinski definition) is 0. The summed E-state index contributed by atoms with van der Waals surface area (Å²) in [6, 6.07) is 6.31. The maximum Gasteiger partial charge on any atom is 0.270 e.